The van der Waals surface area contributed by atoms with Crippen molar-refractivity contribution < 1.29 is 13.2 Å². The van der Waals surface area contributed by atoms with E-state index in [4.69, 9.17) is 0 Å². The molecular weight excluding hydrogens is 336 g/mol. The first-order valence-electron chi connectivity index (χ1n) is 8.41. The monoisotopic (exact) mass is 358 g/mol. The van der Waals surface area contributed by atoms with E-state index in [0.29, 0.717) is 18.7 Å². The quantitative estimate of drug-likeness (QED) is 0.894. The summed E-state index contributed by atoms with van der Waals surface area (Å²) in [5.41, 5.74) is 3.47. The van der Waals surface area contributed by atoms with Gasteiger partial charge >= 0.3 is 0 Å². The molecule has 0 radical (unpaired) electrons. The van der Waals surface area contributed by atoms with Gasteiger partial charge in [0.15, 0.2) is 0 Å². The molecule has 0 bridgehead atoms. The largest absolute Gasteiger partial charge is 0.338 e. The van der Waals surface area contributed by atoms with Gasteiger partial charge in [-0.3, -0.25) is 9.52 Å². The van der Waals surface area contributed by atoms with Crippen molar-refractivity contribution in [1.29, 1.82) is 0 Å². The van der Waals surface area contributed by atoms with E-state index >= 15 is 0 Å². The number of fused-ring (bicyclic) bond motifs is 1. The second kappa shape index (κ2) is 7.27. The molecule has 1 aliphatic rings. The Kier molecular flexibility index (Phi) is 5.08. The lowest BCUT2D eigenvalue weighted by Gasteiger charge is -2.29. The summed E-state index contributed by atoms with van der Waals surface area (Å²) < 4.78 is 27.4. The summed E-state index contributed by atoms with van der Waals surface area (Å²) in [6.07, 6.45) is 1.29. The molecule has 0 spiro atoms. The highest BCUT2D eigenvalue weighted by atomic mass is 32.2. The van der Waals surface area contributed by atoms with Crippen LogP contribution >= 0.6 is 0 Å². The Hall–Kier alpha value is -2.34. The van der Waals surface area contributed by atoms with Crippen LogP contribution in [0, 0.1) is 0 Å². The first kappa shape index (κ1) is 17.5. The zero-order chi connectivity index (χ0) is 17.9. The van der Waals surface area contributed by atoms with E-state index in [1.165, 1.54) is 5.56 Å². The Morgan fingerprint density at radius 3 is 2.60 bits per heavy atom. The standard InChI is InChI=1S/C19H22N2O3S/c1-2-19(22)21-11-10-16-8-9-18(12-17(16)13-21)20-25(23,24)14-15-6-4-3-5-7-15/h3-9,12,20H,2,10-11,13-14H2,1H3. The third-order valence-corrected chi connectivity index (χ3v) is 5.61. The molecule has 3 rings (SSSR count). The lowest BCUT2D eigenvalue weighted by molar-refractivity contribution is -0.131. The molecule has 0 atom stereocenters. The van der Waals surface area contributed by atoms with E-state index in [-0.39, 0.29) is 11.7 Å². The van der Waals surface area contributed by atoms with Gasteiger partial charge in [0, 0.05) is 25.2 Å². The third-order valence-electron chi connectivity index (χ3n) is 4.35. The molecule has 1 N–H and O–H groups in total. The van der Waals surface area contributed by atoms with Crippen molar-refractivity contribution in [3.8, 4) is 0 Å². The van der Waals surface area contributed by atoms with Crippen molar-refractivity contribution in [2.24, 2.45) is 0 Å². The molecule has 0 saturated carbocycles. The molecular formula is C19H22N2O3S. The minimum absolute atomic E-state index is 0.0641. The van der Waals surface area contributed by atoms with Gasteiger partial charge < -0.3 is 4.90 Å². The van der Waals surface area contributed by atoms with Crippen LogP contribution in [0.25, 0.3) is 0 Å². The summed E-state index contributed by atoms with van der Waals surface area (Å²) >= 11 is 0. The Labute approximate surface area is 148 Å². The smallest absolute Gasteiger partial charge is 0.236 e. The summed E-state index contributed by atoms with van der Waals surface area (Å²) in [7, 11) is -3.48. The van der Waals surface area contributed by atoms with E-state index < -0.39 is 10.0 Å². The number of rotatable bonds is 5. The van der Waals surface area contributed by atoms with E-state index in [2.05, 4.69) is 4.72 Å². The maximum absolute atomic E-state index is 12.4. The van der Waals surface area contributed by atoms with Crippen molar-refractivity contribution in [3.63, 3.8) is 0 Å². The minimum atomic E-state index is -3.48. The van der Waals surface area contributed by atoms with Gasteiger partial charge in [-0.05, 0) is 35.2 Å². The van der Waals surface area contributed by atoms with Crippen LogP contribution in [0.2, 0.25) is 0 Å². The predicted octanol–water partition coefficient (Wildman–Crippen LogP) is 2.92. The Morgan fingerprint density at radius 1 is 1.12 bits per heavy atom. The maximum Gasteiger partial charge on any atom is 0.236 e. The Balaban J connectivity index is 1.75. The first-order valence-corrected chi connectivity index (χ1v) is 10.1. The van der Waals surface area contributed by atoms with Crippen LogP contribution < -0.4 is 4.72 Å². The van der Waals surface area contributed by atoms with Crippen LogP contribution in [0.5, 0.6) is 0 Å². The number of benzene rings is 2. The molecule has 1 aliphatic heterocycles. The molecule has 2 aromatic carbocycles. The predicted molar refractivity (Wildman–Crippen MR) is 98.5 cm³/mol. The second-order valence-electron chi connectivity index (χ2n) is 6.25. The average molecular weight is 358 g/mol. The van der Waals surface area contributed by atoms with Crippen LogP contribution in [0.15, 0.2) is 48.5 Å². The SMILES string of the molecule is CCC(=O)N1CCc2ccc(NS(=O)(=O)Cc3ccccc3)cc2C1. The molecule has 0 fully saturated rings. The van der Waals surface area contributed by atoms with Gasteiger partial charge in [-0.1, -0.05) is 43.3 Å². The maximum atomic E-state index is 12.4. The van der Waals surface area contributed by atoms with Crippen molar-refractivity contribution in [2.75, 3.05) is 11.3 Å². The van der Waals surface area contributed by atoms with Gasteiger partial charge in [0.05, 0.1) is 5.75 Å². The van der Waals surface area contributed by atoms with E-state index in [9.17, 15) is 13.2 Å². The number of hydrogen-bond donors (Lipinski definition) is 1. The average Bonchev–Trinajstić information content (AvgIpc) is 2.60. The molecule has 0 unspecified atom stereocenters. The molecule has 0 aliphatic carbocycles. The number of nitrogens with one attached hydrogen (secondary N) is 1. The molecule has 0 aromatic heterocycles. The number of carbonyl (C=O) groups is 1. The van der Waals surface area contributed by atoms with Gasteiger partial charge in [-0.25, -0.2) is 8.42 Å². The van der Waals surface area contributed by atoms with Crippen LogP contribution in [0.3, 0.4) is 0 Å². The lowest BCUT2D eigenvalue weighted by atomic mass is 9.99. The molecule has 1 heterocycles. The fourth-order valence-electron chi connectivity index (χ4n) is 3.07. The molecule has 5 nitrogen and oxygen atoms in total. The summed E-state index contributed by atoms with van der Waals surface area (Å²) in [6.45, 7) is 3.11. The minimum Gasteiger partial charge on any atom is -0.338 e. The molecule has 0 saturated heterocycles. The van der Waals surface area contributed by atoms with Gasteiger partial charge in [0.1, 0.15) is 0 Å². The van der Waals surface area contributed by atoms with Crippen molar-refractivity contribution in [2.45, 2.75) is 32.1 Å². The number of carbonyl (C=O) groups excluding carboxylic acids is 1. The summed E-state index contributed by atoms with van der Waals surface area (Å²) in [4.78, 5) is 13.7. The number of anilines is 1. The van der Waals surface area contributed by atoms with Crippen molar-refractivity contribution in [1.82, 2.24) is 4.90 Å². The molecule has 2 aromatic rings. The number of nitrogens with zero attached hydrogens (tertiary/aromatic N) is 1. The highest BCUT2D eigenvalue weighted by molar-refractivity contribution is 7.91. The summed E-state index contributed by atoms with van der Waals surface area (Å²) in [5.74, 6) is 0.0615. The van der Waals surface area contributed by atoms with Crippen LogP contribution in [-0.2, 0) is 33.5 Å². The number of hydrogen-bond acceptors (Lipinski definition) is 3. The zero-order valence-electron chi connectivity index (χ0n) is 14.2. The molecule has 25 heavy (non-hydrogen) atoms. The van der Waals surface area contributed by atoms with Crippen molar-refractivity contribution in [3.05, 3.63) is 65.2 Å². The second-order valence-corrected chi connectivity index (χ2v) is 7.97. The summed E-state index contributed by atoms with van der Waals surface area (Å²) in [5, 5.41) is 0. The van der Waals surface area contributed by atoms with E-state index in [1.54, 1.807) is 18.2 Å². The van der Waals surface area contributed by atoms with Crippen LogP contribution in [-0.4, -0.2) is 25.8 Å². The zero-order valence-corrected chi connectivity index (χ0v) is 15.1. The van der Waals surface area contributed by atoms with Gasteiger partial charge in [-0.15, -0.1) is 0 Å². The third kappa shape index (κ3) is 4.39. The highest BCUT2D eigenvalue weighted by Crippen LogP contribution is 2.24. The van der Waals surface area contributed by atoms with Gasteiger partial charge in [0.25, 0.3) is 0 Å². The number of amides is 1. The van der Waals surface area contributed by atoms with Gasteiger partial charge in [-0.2, -0.15) is 0 Å². The normalized spacial score (nSPS) is 14.0. The Bertz CT molecular complexity index is 863. The van der Waals surface area contributed by atoms with E-state index in [1.807, 2.05) is 42.2 Å². The fraction of sp³-hybridized carbons (Fsp3) is 0.316. The van der Waals surface area contributed by atoms with Crippen LogP contribution in [0.1, 0.15) is 30.0 Å². The first-order chi connectivity index (χ1) is 12.0. The lowest BCUT2D eigenvalue weighted by Crippen LogP contribution is -2.35. The molecule has 132 valence electrons. The van der Waals surface area contributed by atoms with E-state index in [0.717, 1.165) is 24.1 Å². The van der Waals surface area contributed by atoms with Crippen molar-refractivity contribution >= 4 is 21.6 Å². The highest BCUT2D eigenvalue weighted by Gasteiger charge is 2.20. The molecule has 1 amide bonds. The summed E-state index contributed by atoms with van der Waals surface area (Å²) in [6, 6.07) is 14.7. The Morgan fingerprint density at radius 2 is 1.88 bits per heavy atom. The van der Waals surface area contributed by atoms with Crippen LogP contribution in [0.4, 0.5) is 5.69 Å². The fourth-order valence-corrected chi connectivity index (χ4v) is 4.26. The topological polar surface area (TPSA) is 66.5 Å². The molecule has 6 heteroatoms. The van der Waals surface area contributed by atoms with Gasteiger partial charge in [0.2, 0.25) is 15.9 Å². The number of sulfonamides is 1.